The molecule has 134 valence electrons. The Kier molecular flexibility index (Phi) is 5.67. The van der Waals surface area contributed by atoms with Gasteiger partial charge in [-0.05, 0) is 19.1 Å². The number of hydrogen-bond donors (Lipinski definition) is 2. The molecular weight excluding hydrogens is 318 g/mol. The molecule has 1 aliphatic heterocycles. The van der Waals surface area contributed by atoms with Crippen molar-refractivity contribution in [3.8, 4) is 5.75 Å². The van der Waals surface area contributed by atoms with E-state index in [-0.39, 0.29) is 11.9 Å². The molecule has 1 aliphatic rings. The van der Waals surface area contributed by atoms with E-state index < -0.39 is 0 Å². The van der Waals surface area contributed by atoms with E-state index in [9.17, 15) is 4.79 Å². The number of hydrogen-bond acceptors (Lipinski definition) is 5. The first-order chi connectivity index (χ1) is 12.2. The Morgan fingerprint density at radius 1 is 1.44 bits per heavy atom. The highest BCUT2D eigenvalue weighted by Crippen LogP contribution is 2.24. The number of aromatic nitrogens is 2. The van der Waals surface area contributed by atoms with Gasteiger partial charge < -0.3 is 19.9 Å². The van der Waals surface area contributed by atoms with Crippen LogP contribution in [0.4, 0.5) is 5.69 Å². The van der Waals surface area contributed by atoms with Gasteiger partial charge in [0.05, 0.1) is 24.9 Å². The molecule has 0 spiro atoms. The number of amides is 1. The van der Waals surface area contributed by atoms with Crippen LogP contribution in [0.1, 0.15) is 18.8 Å². The summed E-state index contributed by atoms with van der Waals surface area (Å²) in [5, 5.41) is 6.35. The van der Waals surface area contributed by atoms with E-state index in [1.54, 1.807) is 6.20 Å². The SMILES string of the molecule is CCOc1ccccc1NC(=O)CN1CCNCC1c1nccn1C. The first kappa shape index (κ1) is 17.4. The molecule has 1 fully saturated rings. The molecule has 0 aliphatic carbocycles. The largest absolute Gasteiger partial charge is 0.492 e. The number of carbonyl (C=O) groups excluding carboxylic acids is 1. The minimum absolute atomic E-state index is 0.0479. The summed E-state index contributed by atoms with van der Waals surface area (Å²) >= 11 is 0. The summed E-state index contributed by atoms with van der Waals surface area (Å²) in [5.41, 5.74) is 0.707. The molecule has 1 amide bonds. The van der Waals surface area contributed by atoms with E-state index in [1.807, 2.05) is 49.0 Å². The van der Waals surface area contributed by atoms with Gasteiger partial charge in [-0.1, -0.05) is 12.1 Å². The molecule has 0 saturated carbocycles. The van der Waals surface area contributed by atoms with Crippen molar-refractivity contribution in [3.05, 3.63) is 42.5 Å². The van der Waals surface area contributed by atoms with Crippen molar-refractivity contribution >= 4 is 11.6 Å². The summed E-state index contributed by atoms with van der Waals surface area (Å²) in [6.07, 6.45) is 3.72. The molecule has 3 rings (SSSR count). The molecule has 1 saturated heterocycles. The summed E-state index contributed by atoms with van der Waals surface area (Å²) in [6, 6.07) is 7.59. The number of imidazole rings is 1. The van der Waals surface area contributed by atoms with Crippen LogP contribution in [0.3, 0.4) is 0 Å². The lowest BCUT2D eigenvalue weighted by atomic mass is 10.1. The van der Waals surface area contributed by atoms with Crippen LogP contribution in [0.25, 0.3) is 0 Å². The van der Waals surface area contributed by atoms with Crippen LogP contribution in [0.5, 0.6) is 5.75 Å². The lowest BCUT2D eigenvalue weighted by Crippen LogP contribution is -2.49. The van der Waals surface area contributed by atoms with Gasteiger partial charge in [0.15, 0.2) is 0 Å². The van der Waals surface area contributed by atoms with E-state index in [0.717, 1.165) is 25.5 Å². The Bertz CT molecular complexity index is 715. The average Bonchev–Trinajstić information content (AvgIpc) is 3.03. The first-order valence-electron chi connectivity index (χ1n) is 8.62. The zero-order valence-corrected chi connectivity index (χ0v) is 14.7. The molecule has 7 heteroatoms. The van der Waals surface area contributed by atoms with Crippen LogP contribution in [0.15, 0.2) is 36.7 Å². The van der Waals surface area contributed by atoms with Crippen molar-refractivity contribution in [3.63, 3.8) is 0 Å². The summed E-state index contributed by atoms with van der Waals surface area (Å²) in [5.74, 6) is 1.61. The van der Waals surface area contributed by atoms with Crippen LogP contribution >= 0.6 is 0 Å². The van der Waals surface area contributed by atoms with Gasteiger partial charge in [0.1, 0.15) is 11.6 Å². The number of nitrogens with one attached hydrogen (secondary N) is 2. The summed E-state index contributed by atoms with van der Waals surface area (Å²) in [6.45, 7) is 5.26. The molecule has 1 unspecified atom stereocenters. The number of anilines is 1. The number of para-hydroxylation sites is 2. The van der Waals surface area contributed by atoms with Crippen LogP contribution in [-0.4, -0.2) is 53.1 Å². The molecule has 2 aromatic rings. The molecule has 1 aromatic carbocycles. The Morgan fingerprint density at radius 2 is 2.28 bits per heavy atom. The molecule has 1 aromatic heterocycles. The fraction of sp³-hybridized carbons (Fsp3) is 0.444. The number of aryl methyl sites for hydroxylation is 1. The topological polar surface area (TPSA) is 71.4 Å². The lowest BCUT2D eigenvalue weighted by molar-refractivity contribution is -0.118. The molecule has 1 atom stereocenters. The Balaban J connectivity index is 1.68. The standard InChI is InChI=1S/C18H25N5O2/c1-3-25-16-7-5-4-6-14(16)21-17(24)13-23-11-8-19-12-15(23)18-20-9-10-22(18)2/h4-7,9-10,15,19H,3,8,11-13H2,1-2H3,(H,21,24). The van der Waals surface area contributed by atoms with E-state index in [2.05, 4.69) is 20.5 Å². The monoisotopic (exact) mass is 343 g/mol. The first-order valence-corrected chi connectivity index (χ1v) is 8.62. The minimum Gasteiger partial charge on any atom is -0.492 e. The number of piperazine rings is 1. The van der Waals surface area contributed by atoms with E-state index in [0.29, 0.717) is 24.6 Å². The zero-order chi connectivity index (χ0) is 17.6. The average molecular weight is 343 g/mol. The fourth-order valence-electron chi connectivity index (χ4n) is 3.11. The van der Waals surface area contributed by atoms with Crippen molar-refractivity contribution in [2.75, 3.05) is 38.1 Å². The van der Waals surface area contributed by atoms with Gasteiger partial charge in [-0.15, -0.1) is 0 Å². The number of nitrogens with zero attached hydrogens (tertiary/aromatic N) is 3. The van der Waals surface area contributed by atoms with Gasteiger partial charge in [0.25, 0.3) is 0 Å². The Hall–Kier alpha value is -2.38. The highest BCUT2D eigenvalue weighted by molar-refractivity contribution is 5.93. The van der Waals surface area contributed by atoms with Crippen molar-refractivity contribution in [1.82, 2.24) is 19.8 Å². The van der Waals surface area contributed by atoms with Gasteiger partial charge in [-0.2, -0.15) is 0 Å². The number of ether oxygens (including phenoxy) is 1. The third-order valence-electron chi connectivity index (χ3n) is 4.32. The maximum Gasteiger partial charge on any atom is 0.238 e. The second-order valence-corrected chi connectivity index (χ2v) is 6.06. The van der Waals surface area contributed by atoms with Crippen molar-refractivity contribution in [2.24, 2.45) is 7.05 Å². The van der Waals surface area contributed by atoms with Gasteiger partial charge in [0.2, 0.25) is 5.91 Å². The highest BCUT2D eigenvalue weighted by atomic mass is 16.5. The molecule has 25 heavy (non-hydrogen) atoms. The Labute approximate surface area is 148 Å². The van der Waals surface area contributed by atoms with Crippen LogP contribution in [0, 0.1) is 0 Å². The maximum absolute atomic E-state index is 12.6. The molecule has 2 N–H and O–H groups in total. The normalized spacial score (nSPS) is 18.1. The molecular formula is C18H25N5O2. The van der Waals surface area contributed by atoms with E-state index in [4.69, 9.17) is 4.74 Å². The highest BCUT2D eigenvalue weighted by Gasteiger charge is 2.28. The van der Waals surface area contributed by atoms with Gasteiger partial charge in [-0.25, -0.2) is 4.98 Å². The lowest BCUT2D eigenvalue weighted by Gasteiger charge is -2.35. The Morgan fingerprint density at radius 3 is 3.04 bits per heavy atom. The quantitative estimate of drug-likeness (QED) is 0.830. The third kappa shape index (κ3) is 4.18. The van der Waals surface area contributed by atoms with Gasteiger partial charge in [0, 0.05) is 39.1 Å². The predicted octanol–water partition coefficient (Wildman–Crippen LogP) is 1.40. The summed E-state index contributed by atoms with van der Waals surface area (Å²) in [7, 11) is 1.98. The van der Waals surface area contributed by atoms with Crippen LogP contribution in [-0.2, 0) is 11.8 Å². The number of benzene rings is 1. The van der Waals surface area contributed by atoms with Crippen molar-refractivity contribution in [2.45, 2.75) is 13.0 Å². The predicted molar refractivity (Wildman–Crippen MR) is 96.6 cm³/mol. The second kappa shape index (κ2) is 8.13. The van der Waals surface area contributed by atoms with Crippen LogP contribution in [0.2, 0.25) is 0 Å². The number of carbonyl (C=O) groups is 1. The smallest absolute Gasteiger partial charge is 0.238 e. The molecule has 2 heterocycles. The minimum atomic E-state index is -0.0479. The molecule has 0 bridgehead atoms. The van der Waals surface area contributed by atoms with E-state index >= 15 is 0 Å². The number of rotatable bonds is 6. The van der Waals surface area contributed by atoms with Crippen molar-refractivity contribution in [1.29, 1.82) is 0 Å². The third-order valence-corrected chi connectivity index (χ3v) is 4.32. The summed E-state index contributed by atoms with van der Waals surface area (Å²) in [4.78, 5) is 19.2. The van der Waals surface area contributed by atoms with E-state index in [1.165, 1.54) is 0 Å². The van der Waals surface area contributed by atoms with Crippen molar-refractivity contribution < 1.29 is 9.53 Å². The second-order valence-electron chi connectivity index (χ2n) is 6.06. The zero-order valence-electron chi connectivity index (χ0n) is 14.7. The fourth-order valence-corrected chi connectivity index (χ4v) is 3.11. The molecule has 7 nitrogen and oxygen atoms in total. The molecule has 0 radical (unpaired) electrons. The summed E-state index contributed by atoms with van der Waals surface area (Å²) < 4.78 is 7.58. The van der Waals surface area contributed by atoms with Crippen LogP contribution < -0.4 is 15.4 Å². The van der Waals surface area contributed by atoms with Gasteiger partial charge >= 0.3 is 0 Å². The van der Waals surface area contributed by atoms with Gasteiger partial charge in [-0.3, -0.25) is 9.69 Å². The maximum atomic E-state index is 12.6.